The molecule has 1 aliphatic carbocycles. The molecule has 1 fully saturated rings. The molecule has 1 amide bonds. The SMILES string of the molecule is Cc1ccc(-c2nn(-c3ccccc3)cc2CCC(=O)NC2CCCCCC2)cc1. The average Bonchev–Trinajstić information content (AvgIpc) is 3.03. The van der Waals surface area contributed by atoms with Crippen LogP contribution in [0.5, 0.6) is 0 Å². The summed E-state index contributed by atoms with van der Waals surface area (Å²) in [6.07, 6.45) is 10.5. The van der Waals surface area contributed by atoms with Gasteiger partial charge >= 0.3 is 0 Å². The number of carbonyl (C=O) groups excluding carboxylic acids is 1. The van der Waals surface area contributed by atoms with E-state index in [1.54, 1.807) is 0 Å². The molecule has 0 spiro atoms. The number of benzene rings is 2. The first kappa shape index (κ1) is 20.4. The Labute approximate surface area is 179 Å². The Hall–Kier alpha value is -2.88. The van der Waals surface area contributed by atoms with Gasteiger partial charge in [-0.15, -0.1) is 0 Å². The molecular formula is C26H31N3O. The molecule has 0 aliphatic heterocycles. The van der Waals surface area contributed by atoms with Gasteiger partial charge in [0.1, 0.15) is 0 Å². The Kier molecular flexibility index (Phi) is 6.63. The molecule has 1 aromatic heterocycles. The predicted molar refractivity (Wildman–Crippen MR) is 122 cm³/mol. The van der Waals surface area contributed by atoms with Crippen LogP contribution in [0.3, 0.4) is 0 Å². The van der Waals surface area contributed by atoms with Gasteiger partial charge in [-0.05, 0) is 43.9 Å². The van der Waals surface area contributed by atoms with Crippen molar-refractivity contribution in [2.24, 2.45) is 0 Å². The lowest BCUT2D eigenvalue weighted by atomic mass is 10.0. The lowest BCUT2D eigenvalue weighted by Crippen LogP contribution is -2.34. The normalized spacial score (nSPS) is 15.0. The van der Waals surface area contributed by atoms with E-state index in [4.69, 9.17) is 5.10 Å². The number of amides is 1. The fraction of sp³-hybridized carbons (Fsp3) is 0.385. The highest BCUT2D eigenvalue weighted by molar-refractivity contribution is 5.77. The van der Waals surface area contributed by atoms with E-state index in [1.807, 2.05) is 22.9 Å². The number of nitrogens with one attached hydrogen (secondary N) is 1. The second-order valence-corrected chi connectivity index (χ2v) is 8.41. The molecule has 30 heavy (non-hydrogen) atoms. The van der Waals surface area contributed by atoms with Gasteiger partial charge in [-0.2, -0.15) is 5.10 Å². The number of carbonyl (C=O) groups is 1. The molecule has 1 aliphatic rings. The van der Waals surface area contributed by atoms with E-state index >= 15 is 0 Å². The van der Waals surface area contributed by atoms with Crippen LogP contribution < -0.4 is 5.32 Å². The third kappa shape index (κ3) is 5.18. The van der Waals surface area contributed by atoms with Crippen LogP contribution in [0.4, 0.5) is 0 Å². The minimum absolute atomic E-state index is 0.157. The summed E-state index contributed by atoms with van der Waals surface area (Å²) in [6.45, 7) is 2.09. The van der Waals surface area contributed by atoms with Crippen LogP contribution in [0.25, 0.3) is 16.9 Å². The lowest BCUT2D eigenvalue weighted by Gasteiger charge is -2.16. The van der Waals surface area contributed by atoms with Gasteiger partial charge in [-0.1, -0.05) is 73.7 Å². The van der Waals surface area contributed by atoms with Crippen LogP contribution in [-0.2, 0) is 11.2 Å². The Bertz CT molecular complexity index is 952. The summed E-state index contributed by atoms with van der Waals surface area (Å²) in [4.78, 5) is 12.6. The minimum Gasteiger partial charge on any atom is -0.353 e. The van der Waals surface area contributed by atoms with E-state index < -0.39 is 0 Å². The number of aromatic nitrogens is 2. The summed E-state index contributed by atoms with van der Waals surface area (Å²) in [5.41, 5.74) is 5.42. The summed E-state index contributed by atoms with van der Waals surface area (Å²) >= 11 is 0. The van der Waals surface area contributed by atoms with Crippen molar-refractivity contribution in [2.45, 2.75) is 64.3 Å². The first-order chi connectivity index (χ1) is 14.7. The fourth-order valence-electron chi connectivity index (χ4n) is 4.23. The molecule has 156 valence electrons. The molecule has 1 saturated carbocycles. The lowest BCUT2D eigenvalue weighted by molar-refractivity contribution is -0.121. The molecule has 1 N–H and O–H groups in total. The smallest absolute Gasteiger partial charge is 0.220 e. The summed E-state index contributed by atoms with van der Waals surface area (Å²) in [6, 6.07) is 18.9. The number of rotatable bonds is 6. The van der Waals surface area contributed by atoms with E-state index in [0.29, 0.717) is 18.9 Å². The van der Waals surface area contributed by atoms with Crippen molar-refractivity contribution in [1.82, 2.24) is 15.1 Å². The van der Waals surface area contributed by atoms with Crippen molar-refractivity contribution in [3.05, 3.63) is 71.9 Å². The van der Waals surface area contributed by atoms with Gasteiger partial charge in [0, 0.05) is 24.2 Å². The predicted octanol–water partition coefficient (Wildman–Crippen LogP) is 5.62. The third-order valence-electron chi connectivity index (χ3n) is 5.98. The number of hydrogen-bond acceptors (Lipinski definition) is 2. The van der Waals surface area contributed by atoms with E-state index in [0.717, 1.165) is 35.3 Å². The number of hydrogen-bond donors (Lipinski definition) is 1. The highest BCUT2D eigenvalue weighted by Crippen LogP contribution is 2.25. The second kappa shape index (κ2) is 9.75. The molecule has 0 bridgehead atoms. The van der Waals surface area contributed by atoms with Crippen LogP contribution in [0, 0.1) is 6.92 Å². The van der Waals surface area contributed by atoms with E-state index in [9.17, 15) is 4.79 Å². The zero-order valence-corrected chi connectivity index (χ0v) is 17.8. The number of aryl methyl sites for hydroxylation is 2. The third-order valence-corrected chi connectivity index (χ3v) is 5.98. The summed E-state index contributed by atoms with van der Waals surface area (Å²) in [7, 11) is 0. The van der Waals surface area contributed by atoms with Gasteiger partial charge in [0.2, 0.25) is 5.91 Å². The molecule has 1 heterocycles. The first-order valence-corrected chi connectivity index (χ1v) is 11.2. The van der Waals surface area contributed by atoms with Crippen molar-refractivity contribution in [3.8, 4) is 16.9 Å². The molecule has 4 heteroatoms. The molecular weight excluding hydrogens is 370 g/mol. The quantitative estimate of drug-likeness (QED) is 0.545. The van der Waals surface area contributed by atoms with Gasteiger partial charge in [0.15, 0.2) is 0 Å². The highest BCUT2D eigenvalue weighted by Gasteiger charge is 2.17. The largest absolute Gasteiger partial charge is 0.353 e. The van der Waals surface area contributed by atoms with Gasteiger partial charge in [0.25, 0.3) is 0 Å². The van der Waals surface area contributed by atoms with E-state index in [1.165, 1.54) is 31.2 Å². The zero-order valence-electron chi connectivity index (χ0n) is 17.8. The molecule has 4 rings (SSSR count). The first-order valence-electron chi connectivity index (χ1n) is 11.2. The molecule has 4 nitrogen and oxygen atoms in total. The number of para-hydroxylation sites is 1. The molecule has 0 radical (unpaired) electrons. The van der Waals surface area contributed by atoms with Crippen LogP contribution in [0.2, 0.25) is 0 Å². The fourth-order valence-corrected chi connectivity index (χ4v) is 4.23. The highest BCUT2D eigenvalue weighted by atomic mass is 16.1. The van der Waals surface area contributed by atoms with Crippen LogP contribution >= 0.6 is 0 Å². The van der Waals surface area contributed by atoms with Crippen molar-refractivity contribution in [3.63, 3.8) is 0 Å². The van der Waals surface area contributed by atoms with Crippen LogP contribution in [0.1, 0.15) is 56.1 Å². The van der Waals surface area contributed by atoms with E-state index in [-0.39, 0.29) is 5.91 Å². The van der Waals surface area contributed by atoms with Crippen molar-refractivity contribution < 1.29 is 4.79 Å². The van der Waals surface area contributed by atoms with Crippen molar-refractivity contribution >= 4 is 5.91 Å². The van der Waals surface area contributed by atoms with Gasteiger partial charge < -0.3 is 5.32 Å². The Morgan fingerprint density at radius 3 is 2.40 bits per heavy atom. The second-order valence-electron chi connectivity index (χ2n) is 8.41. The van der Waals surface area contributed by atoms with Crippen molar-refractivity contribution in [2.75, 3.05) is 0 Å². The van der Waals surface area contributed by atoms with Gasteiger partial charge in [-0.25, -0.2) is 4.68 Å². The molecule has 3 aromatic rings. The maximum atomic E-state index is 12.6. The Balaban J connectivity index is 1.51. The minimum atomic E-state index is 0.157. The van der Waals surface area contributed by atoms with Gasteiger partial charge in [-0.3, -0.25) is 4.79 Å². The summed E-state index contributed by atoms with van der Waals surface area (Å²) < 4.78 is 1.92. The summed E-state index contributed by atoms with van der Waals surface area (Å²) in [5.74, 6) is 0.157. The van der Waals surface area contributed by atoms with Crippen LogP contribution in [0.15, 0.2) is 60.8 Å². The maximum Gasteiger partial charge on any atom is 0.220 e. The van der Waals surface area contributed by atoms with Gasteiger partial charge in [0.05, 0.1) is 11.4 Å². The monoisotopic (exact) mass is 401 g/mol. The molecule has 0 unspecified atom stereocenters. The molecule has 0 saturated heterocycles. The zero-order chi connectivity index (χ0) is 20.8. The van der Waals surface area contributed by atoms with Crippen molar-refractivity contribution in [1.29, 1.82) is 0 Å². The summed E-state index contributed by atoms with van der Waals surface area (Å²) in [5, 5.41) is 8.14. The Morgan fingerprint density at radius 1 is 1.00 bits per heavy atom. The molecule has 0 atom stereocenters. The standard InChI is InChI=1S/C26H31N3O/c1-20-13-15-21(16-14-20)26-22(19-29(28-26)24-11-7-4-8-12-24)17-18-25(30)27-23-9-5-2-3-6-10-23/h4,7-8,11-16,19,23H,2-3,5-6,9-10,17-18H2,1H3,(H,27,30). The average molecular weight is 402 g/mol. The molecule has 2 aromatic carbocycles. The van der Waals surface area contributed by atoms with Crippen LogP contribution in [-0.4, -0.2) is 21.7 Å². The topological polar surface area (TPSA) is 46.9 Å². The van der Waals surface area contributed by atoms with E-state index in [2.05, 4.69) is 54.8 Å². The maximum absolute atomic E-state index is 12.6. The number of nitrogens with zero attached hydrogens (tertiary/aromatic N) is 2. The Morgan fingerprint density at radius 2 is 1.70 bits per heavy atom.